The highest BCUT2D eigenvalue weighted by Gasteiger charge is 2.29. The topological polar surface area (TPSA) is 65.0 Å². The summed E-state index contributed by atoms with van der Waals surface area (Å²) in [7, 11) is 1.43. The van der Waals surface area contributed by atoms with Crippen molar-refractivity contribution in [2.75, 3.05) is 34.2 Å². The molecular formula is C20H35IN4O2S. The molecule has 0 radical (unpaired) electrons. The van der Waals surface area contributed by atoms with Crippen molar-refractivity contribution >= 4 is 40.0 Å². The van der Waals surface area contributed by atoms with E-state index < -0.39 is 10.0 Å². The maximum absolute atomic E-state index is 12.6. The molecule has 0 saturated carbocycles. The quantitative estimate of drug-likeness (QED) is 0.339. The van der Waals surface area contributed by atoms with Gasteiger partial charge in [0.25, 0.3) is 0 Å². The lowest BCUT2D eigenvalue weighted by Crippen LogP contribution is -2.40. The summed E-state index contributed by atoms with van der Waals surface area (Å²) in [5.74, 6) is 2.32. The zero-order valence-electron chi connectivity index (χ0n) is 17.7. The normalized spacial score (nSPS) is 17.9. The van der Waals surface area contributed by atoms with Crippen LogP contribution in [0.25, 0.3) is 0 Å². The van der Waals surface area contributed by atoms with Gasteiger partial charge in [0.2, 0.25) is 10.0 Å². The first-order valence-corrected chi connectivity index (χ1v) is 11.2. The van der Waals surface area contributed by atoms with Crippen molar-refractivity contribution in [2.24, 2.45) is 16.8 Å². The third-order valence-electron chi connectivity index (χ3n) is 5.62. The molecule has 1 heterocycles. The summed E-state index contributed by atoms with van der Waals surface area (Å²) in [4.78, 5) is 7.07. The lowest BCUT2D eigenvalue weighted by Gasteiger charge is -2.24. The molecule has 0 amide bonds. The SMILES string of the molecule is CCC(CC)C1CCN(C(=NC)NCc2ccccc2S(=O)(=O)N(C)C)C1.I. The van der Waals surface area contributed by atoms with Crippen molar-refractivity contribution in [3.8, 4) is 0 Å². The van der Waals surface area contributed by atoms with E-state index in [9.17, 15) is 8.42 Å². The van der Waals surface area contributed by atoms with Crippen LogP contribution in [0, 0.1) is 11.8 Å². The van der Waals surface area contributed by atoms with Crippen molar-refractivity contribution in [3.05, 3.63) is 29.8 Å². The Hall–Kier alpha value is -0.870. The number of hydrogen-bond acceptors (Lipinski definition) is 3. The Morgan fingerprint density at radius 3 is 2.50 bits per heavy atom. The number of nitrogens with zero attached hydrogens (tertiary/aromatic N) is 3. The summed E-state index contributed by atoms with van der Waals surface area (Å²) < 4.78 is 26.4. The first-order valence-electron chi connectivity index (χ1n) is 9.81. The van der Waals surface area contributed by atoms with Crippen LogP contribution < -0.4 is 5.32 Å². The van der Waals surface area contributed by atoms with E-state index in [2.05, 4.69) is 29.1 Å². The summed E-state index contributed by atoms with van der Waals surface area (Å²) >= 11 is 0. The van der Waals surface area contributed by atoms with E-state index in [1.165, 1.54) is 23.6 Å². The van der Waals surface area contributed by atoms with Gasteiger partial charge < -0.3 is 10.2 Å². The van der Waals surface area contributed by atoms with Crippen molar-refractivity contribution in [1.82, 2.24) is 14.5 Å². The third kappa shape index (κ3) is 5.82. The van der Waals surface area contributed by atoms with Crippen LogP contribution in [0.1, 0.15) is 38.7 Å². The Labute approximate surface area is 187 Å². The fourth-order valence-corrected chi connectivity index (χ4v) is 5.04. The van der Waals surface area contributed by atoms with Gasteiger partial charge in [0.1, 0.15) is 0 Å². The number of rotatable bonds is 7. The zero-order chi connectivity index (χ0) is 20.0. The fraction of sp³-hybridized carbons (Fsp3) is 0.650. The second kappa shape index (κ2) is 11.3. The van der Waals surface area contributed by atoms with Gasteiger partial charge in [-0.25, -0.2) is 12.7 Å². The molecule has 1 aromatic rings. The van der Waals surface area contributed by atoms with E-state index in [1.54, 1.807) is 33.3 Å². The van der Waals surface area contributed by atoms with Gasteiger partial charge in [-0.05, 0) is 29.9 Å². The largest absolute Gasteiger partial charge is 0.352 e. The van der Waals surface area contributed by atoms with E-state index in [4.69, 9.17) is 0 Å². The molecule has 0 bridgehead atoms. The highest BCUT2D eigenvalue weighted by Crippen LogP contribution is 2.28. The second-order valence-corrected chi connectivity index (χ2v) is 9.49. The van der Waals surface area contributed by atoms with E-state index >= 15 is 0 Å². The van der Waals surface area contributed by atoms with Gasteiger partial charge >= 0.3 is 0 Å². The third-order valence-corrected chi connectivity index (χ3v) is 7.54. The van der Waals surface area contributed by atoms with E-state index in [1.807, 2.05) is 12.1 Å². The van der Waals surface area contributed by atoms with Crippen molar-refractivity contribution in [2.45, 2.75) is 44.6 Å². The molecule has 1 saturated heterocycles. The summed E-state index contributed by atoms with van der Waals surface area (Å²) in [6, 6.07) is 7.14. The van der Waals surface area contributed by atoms with Crippen LogP contribution in [0.2, 0.25) is 0 Å². The number of nitrogens with one attached hydrogen (secondary N) is 1. The van der Waals surface area contributed by atoms with E-state index in [-0.39, 0.29) is 24.0 Å². The highest BCUT2D eigenvalue weighted by molar-refractivity contribution is 14.0. The Morgan fingerprint density at radius 2 is 1.93 bits per heavy atom. The van der Waals surface area contributed by atoms with Crippen LogP contribution in [0.4, 0.5) is 0 Å². The number of benzene rings is 1. The van der Waals surface area contributed by atoms with Crippen LogP contribution in [0.3, 0.4) is 0 Å². The molecule has 1 unspecified atom stereocenters. The Kier molecular flexibility index (Phi) is 10.2. The van der Waals surface area contributed by atoms with Crippen LogP contribution in [-0.4, -0.2) is 57.8 Å². The Morgan fingerprint density at radius 1 is 1.29 bits per heavy atom. The molecule has 0 spiro atoms. The highest BCUT2D eigenvalue weighted by atomic mass is 127. The smallest absolute Gasteiger partial charge is 0.242 e. The maximum Gasteiger partial charge on any atom is 0.242 e. The van der Waals surface area contributed by atoms with Gasteiger partial charge in [0, 0.05) is 40.8 Å². The molecule has 160 valence electrons. The van der Waals surface area contributed by atoms with Gasteiger partial charge in [0.15, 0.2) is 5.96 Å². The second-order valence-electron chi connectivity index (χ2n) is 7.37. The standard InChI is InChI=1S/C20H34N4O2S.HI/c1-6-16(7-2)18-12-13-24(15-18)20(21-3)22-14-17-10-8-9-11-19(17)27(25,26)23(4)5;/h8-11,16,18H,6-7,12-15H2,1-5H3,(H,21,22);1H. The molecule has 1 atom stereocenters. The number of aliphatic imine (C=N–C) groups is 1. The predicted octanol–water partition coefficient (Wildman–Crippen LogP) is 3.39. The lowest BCUT2D eigenvalue weighted by molar-refractivity contribution is 0.319. The van der Waals surface area contributed by atoms with Crippen LogP contribution in [0.15, 0.2) is 34.2 Å². The van der Waals surface area contributed by atoms with Gasteiger partial charge in [-0.3, -0.25) is 4.99 Å². The Balaban J connectivity index is 0.00000392. The van der Waals surface area contributed by atoms with Crippen molar-refractivity contribution in [1.29, 1.82) is 0 Å². The van der Waals surface area contributed by atoms with Gasteiger partial charge in [-0.2, -0.15) is 0 Å². The molecule has 0 aromatic heterocycles. The number of hydrogen-bond donors (Lipinski definition) is 1. The van der Waals surface area contributed by atoms with Gasteiger partial charge in [-0.1, -0.05) is 44.9 Å². The summed E-state index contributed by atoms with van der Waals surface area (Å²) in [6.07, 6.45) is 3.63. The zero-order valence-corrected chi connectivity index (χ0v) is 20.8. The number of sulfonamides is 1. The predicted molar refractivity (Wildman–Crippen MR) is 127 cm³/mol. The minimum Gasteiger partial charge on any atom is -0.352 e. The molecule has 1 aliphatic rings. The first kappa shape index (κ1) is 25.2. The molecule has 0 aliphatic carbocycles. The van der Waals surface area contributed by atoms with Gasteiger partial charge in [-0.15, -0.1) is 24.0 Å². The molecule has 1 aliphatic heterocycles. The molecule has 1 N–H and O–H groups in total. The van der Waals surface area contributed by atoms with E-state index in [0.29, 0.717) is 17.4 Å². The van der Waals surface area contributed by atoms with Crippen molar-refractivity contribution in [3.63, 3.8) is 0 Å². The molecule has 6 nitrogen and oxygen atoms in total. The Bertz CT molecular complexity index is 748. The average Bonchev–Trinajstić information content (AvgIpc) is 3.13. The molecule has 2 rings (SSSR count). The minimum absolute atomic E-state index is 0. The van der Waals surface area contributed by atoms with Crippen LogP contribution >= 0.6 is 24.0 Å². The average molecular weight is 522 g/mol. The first-order chi connectivity index (χ1) is 12.8. The fourth-order valence-electron chi connectivity index (χ4n) is 3.92. The molecule has 1 fully saturated rings. The van der Waals surface area contributed by atoms with Crippen molar-refractivity contribution < 1.29 is 8.42 Å². The molecule has 8 heteroatoms. The molecular weight excluding hydrogens is 487 g/mol. The summed E-state index contributed by atoms with van der Waals surface area (Å²) in [5.41, 5.74) is 0.753. The summed E-state index contributed by atoms with van der Waals surface area (Å²) in [5, 5.41) is 3.37. The monoisotopic (exact) mass is 522 g/mol. The molecule has 1 aromatic carbocycles. The van der Waals surface area contributed by atoms with E-state index in [0.717, 1.165) is 30.5 Å². The molecule has 28 heavy (non-hydrogen) atoms. The lowest BCUT2D eigenvalue weighted by atomic mass is 9.87. The summed E-state index contributed by atoms with van der Waals surface area (Å²) in [6.45, 7) is 6.99. The van der Waals surface area contributed by atoms with Gasteiger partial charge in [0.05, 0.1) is 4.90 Å². The minimum atomic E-state index is -3.47. The number of likely N-dealkylation sites (tertiary alicyclic amines) is 1. The number of guanidine groups is 1. The number of halogens is 1. The van der Waals surface area contributed by atoms with Crippen LogP contribution in [-0.2, 0) is 16.6 Å². The van der Waals surface area contributed by atoms with Crippen LogP contribution in [0.5, 0.6) is 0 Å². The maximum atomic E-state index is 12.6.